The normalized spacial score (nSPS) is 13.0. The lowest BCUT2D eigenvalue weighted by Crippen LogP contribution is -2.40. The van der Waals surface area contributed by atoms with Gasteiger partial charge in [-0.1, -0.05) is 35.3 Å². The van der Waals surface area contributed by atoms with Gasteiger partial charge >= 0.3 is 0 Å². The minimum Gasteiger partial charge on any atom is -0.482 e. The fraction of sp³-hybridized carbons (Fsp3) is 0.150. The Bertz CT molecular complexity index is 1090. The number of carbonyl (C=O) groups excluding carboxylic acids is 2. The van der Waals surface area contributed by atoms with Gasteiger partial charge in [0.05, 0.1) is 16.4 Å². The van der Waals surface area contributed by atoms with Crippen molar-refractivity contribution in [2.24, 2.45) is 0 Å². The summed E-state index contributed by atoms with van der Waals surface area (Å²) < 4.78 is 5.41. The van der Waals surface area contributed by atoms with Gasteiger partial charge in [-0.05, 0) is 30.3 Å². The van der Waals surface area contributed by atoms with E-state index in [2.05, 4.69) is 10.3 Å². The first-order valence-electron chi connectivity index (χ1n) is 8.74. The molecule has 0 radical (unpaired) electrons. The smallest absolute Gasteiger partial charge is 0.265 e. The first-order valence-corrected chi connectivity index (χ1v) is 10.4. The van der Waals surface area contributed by atoms with Crippen molar-refractivity contribution in [1.29, 1.82) is 0 Å². The fourth-order valence-corrected chi connectivity index (χ4v) is 4.18. The molecule has 29 heavy (non-hydrogen) atoms. The molecule has 0 saturated heterocycles. The highest BCUT2D eigenvalue weighted by Crippen LogP contribution is 2.33. The molecular formula is C20H15Cl2N3O3S. The number of hydrogen-bond acceptors (Lipinski definition) is 5. The van der Waals surface area contributed by atoms with E-state index in [4.69, 9.17) is 27.9 Å². The molecule has 0 unspecified atom stereocenters. The Hall–Kier alpha value is -2.61. The Morgan fingerprint density at radius 2 is 2.07 bits per heavy atom. The second-order valence-electron chi connectivity index (χ2n) is 6.26. The van der Waals surface area contributed by atoms with Crippen LogP contribution in [0.2, 0.25) is 10.0 Å². The average molecular weight is 448 g/mol. The summed E-state index contributed by atoms with van der Waals surface area (Å²) in [5.74, 6) is 0.229. The van der Waals surface area contributed by atoms with Gasteiger partial charge in [-0.3, -0.25) is 9.59 Å². The number of ether oxygens (including phenoxy) is 1. The van der Waals surface area contributed by atoms with Crippen molar-refractivity contribution in [2.75, 3.05) is 23.4 Å². The van der Waals surface area contributed by atoms with Gasteiger partial charge in [-0.2, -0.15) is 0 Å². The maximum Gasteiger partial charge on any atom is 0.265 e. The number of thiazole rings is 1. The summed E-state index contributed by atoms with van der Waals surface area (Å²) in [6.45, 7) is 0.225. The zero-order valence-electron chi connectivity index (χ0n) is 15.0. The van der Waals surface area contributed by atoms with Gasteiger partial charge in [-0.25, -0.2) is 4.98 Å². The van der Waals surface area contributed by atoms with Crippen molar-refractivity contribution >= 4 is 57.2 Å². The number of nitrogens with one attached hydrogen (secondary N) is 1. The number of aromatic nitrogens is 1. The van der Waals surface area contributed by atoms with Gasteiger partial charge in [-0.15, -0.1) is 11.3 Å². The molecule has 4 rings (SSSR count). The van der Waals surface area contributed by atoms with Crippen LogP contribution in [0.5, 0.6) is 5.75 Å². The molecule has 2 heterocycles. The van der Waals surface area contributed by atoms with Crippen molar-refractivity contribution in [3.63, 3.8) is 0 Å². The molecule has 1 N–H and O–H groups in total. The van der Waals surface area contributed by atoms with Crippen molar-refractivity contribution in [2.45, 2.75) is 6.42 Å². The number of rotatable bonds is 5. The molecule has 1 aliphatic heterocycles. The minimum absolute atomic E-state index is 0.0314. The van der Waals surface area contributed by atoms with E-state index in [1.165, 1.54) is 11.3 Å². The lowest BCUT2D eigenvalue weighted by Gasteiger charge is -2.29. The van der Waals surface area contributed by atoms with Gasteiger partial charge in [0, 0.05) is 28.9 Å². The predicted molar refractivity (Wildman–Crippen MR) is 115 cm³/mol. The molecule has 6 nitrogen and oxygen atoms in total. The number of para-hydroxylation sites is 2. The van der Waals surface area contributed by atoms with Gasteiger partial charge < -0.3 is 15.0 Å². The second-order valence-corrected chi connectivity index (χ2v) is 7.96. The Morgan fingerprint density at radius 1 is 1.24 bits per heavy atom. The van der Waals surface area contributed by atoms with Gasteiger partial charge in [0.1, 0.15) is 5.75 Å². The molecule has 0 fully saturated rings. The highest BCUT2D eigenvalue weighted by molar-refractivity contribution is 7.14. The van der Waals surface area contributed by atoms with Crippen molar-refractivity contribution in [3.8, 4) is 17.0 Å². The molecule has 0 bridgehead atoms. The third-order valence-electron chi connectivity index (χ3n) is 4.33. The third kappa shape index (κ3) is 4.37. The van der Waals surface area contributed by atoms with Crippen LogP contribution < -0.4 is 15.0 Å². The van der Waals surface area contributed by atoms with Crippen LogP contribution >= 0.6 is 34.5 Å². The van der Waals surface area contributed by atoms with Crippen LogP contribution in [0.1, 0.15) is 6.42 Å². The zero-order valence-corrected chi connectivity index (χ0v) is 17.4. The Kier molecular flexibility index (Phi) is 5.71. The SMILES string of the molecule is O=C(CCN1C(=O)COc2ccccc21)Nc1nc(-c2ccc(Cl)cc2Cl)cs1. The Balaban J connectivity index is 1.40. The fourth-order valence-electron chi connectivity index (χ4n) is 2.95. The lowest BCUT2D eigenvalue weighted by atomic mass is 10.2. The van der Waals surface area contributed by atoms with Crippen LogP contribution in [0.4, 0.5) is 10.8 Å². The summed E-state index contributed by atoms with van der Waals surface area (Å²) in [6, 6.07) is 12.4. The highest BCUT2D eigenvalue weighted by atomic mass is 35.5. The van der Waals surface area contributed by atoms with E-state index in [9.17, 15) is 9.59 Å². The number of fused-ring (bicyclic) bond motifs is 1. The van der Waals surface area contributed by atoms with Gasteiger partial charge in [0.25, 0.3) is 5.91 Å². The number of benzene rings is 2. The molecule has 2 amide bonds. The maximum atomic E-state index is 12.4. The van der Waals surface area contributed by atoms with Crippen LogP contribution in [-0.2, 0) is 9.59 Å². The molecule has 0 aliphatic carbocycles. The van der Waals surface area contributed by atoms with Gasteiger partial charge in [0.2, 0.25) is 5.91 Å². The largest absolute Gasteiger partial charge is 0.482 e. The quantitative estimate of drug-likeness (QED) is 0.605. The molecular weight excluding hydrogens is 433 g/mol. The molecule has 1 aliphatic rings. The van der Waals surface area contributed by atoms with Crippen molar-refractivity contribution in [3.05, 3.63) is 57.9 Å². The Morgan fingerprint density at radius 3 is 2.90 bits per heavy atom. The van der Waals surface area contributed by atoms with Crippen molar-refractivity contribution in [1.82, 2.24) is 4.98 Å². The molecule has 148 valence electrons. The summed E-state index contributed by atoms with van der Waals surface area (Å²) in [6.07, 6.45) is 0.136. The van der Waals surface area contributed by atoms with E-state index in [0.717, 1.165) is 5.56 Å². The van der Waals surface area contributed by atoms with E-state index in [-0.39, 0.29) is 31.4 Å². The highest BCUT2D eigenvalue weighted by Gasteiger charge is 2.25. The van der Waals surface area contributed by atoms with E-state index in [1.807, 2.05) is 17.5 Å². The van der Waals surface area contributed by atoms with Crippen molar-refractivity contribution < 1.29 is 14.3 Å². The lowest BCUT2D eigenvalue weighted by molar-refractivity contribution is -0.121. The number of halogens is 2. The monoisotopic (exact) mass is 447 g/mol. The van der Waals surface area contributed by atoms with Crippen LogP contribution in [-0.4, -0.2) is 29.9 Å². The summed E-state index contributed by atoms with van der Waals surface area (Å²) in [5.41, 5.74) is 2.07. The van der Waals surface area contributed by atoms with E-state index >= 15 is 0 Å². The first-order chi connectivity index (χ1) is 14.0. The molecule has 2 aromatic carbocycles. The topological polar surface area (TPSA) is 71.5 Å². The molecule has 0 atom stereocenters. The number of anilines is 2. The molecule has 1 aromatic heterocycles. The summed E-state index contributed by atoms with van der Waals surface area (Å²) in [4.78, 5) is 30.5. The molecule has 0 spiro atoms. The van der Waals surface area contributed by atoms with E-state index in [1.54, 1.807) is 35.2 Å². The molecule has 9 heteroatoms. The minimum atomic E-state index is -0.232. The third-order valence-corrected chi connectivity index (χ3v) is 5.63. The Labute approximate surface area is 181 Å². The van der Waals surface area contributed by atoms with E-state index < -0.39 is 0 Å². The zero-order chi connectivity index (χ0) is 20.4. The van der Waals surface area contributed by atoms with Crippen LogP contribution in [0, 0.1) is 0 Å². The van der Waals surface area contributed by atoms with E-state index in [0.29, 0.717) is 32.3 Å². The number of carbonyl (C=O) groups is 2. The van der Waals surface area contributed by atoms with Gasteiger partial charge in [0.15, 0.2) is 11.7 Å². The van der Waals surface area contributed by atoms with Crippen LogP contribution in [0.3, 0.4) is 0 Å². The summed E-state index contributed by atoms with van der Waals surface area (Å²) >= 11 is 13.4. The van der Waals surface area contributed by atoms with Crippen LogP contribution in [0.15, 0.2) is 47.8 Å². The predicted octanol–water partition coefficient (Wildman–Crippen LogP) is 4.87. The maximum absolute atomic E-state index is 12.4. The number of nitrogens with zero attached hydrogens (tertiary/aromatic N) is 2. The standard InChI is InChI=1S/C20H15Cl2N3O3S/c21-12-5-6-13(14(22)9-12)15-11-29-20(23-15)24-18(26)7-8-25-16-3-1-2-4-17(16)28-10-19(25)27/h1-6,9,11H,7-8,10H2,(H,23,24,26). The molecule has 3 aromatic rings. The summed E-state index contributed by atoms with van der Waals surface area (Å²) in [5, 5.41) is 6.08. The second kappa shape index (κ2) is 8.41. The first kappa shape index (κ1) is 19.7. The number of hydrogen-bond donors (Lipinski definition) is 1. The molecule has 0 saturated carbocycles. The average Bonchev–Trinajstić information content (AvgIpc) is 3.15. The number of amides is 2. The summed E-state index contributed by atoms with van der Waals surface area (Å²) in [7, 11) is 0. The van der Waals surface area contributed by atoms with Crippen LogP contribution in [0.25, 0.3) is 11.3 Å².